The summed E-state index contributed by atoms with van der Waals surface area (Å²) in [5.41, 5.74) is 0.992. The Labute approximate surface area is 128 Å². The maximum absolute atomic E-state index is 12.4. The molecule has 1 aromatic heterocycles. The Morgan fingerprint density at radius 2 is 2.14 bits per heavy atom. The van der Waals surface area contributed by atoms with Gasteiger partial charge in [0.15, 0.2) is 11.5 Å². The van der Waals surface area contributed by atoms with E-state index in [0.29, 0.717) is 19.8 Å². The Bertz CT molecular complexity index is 657. The van der Waals surface area contributed by atoms with Gasteiger partial charge in [-0.25, -0.2) is 9.67 Å². The van der Waals surface area contributed by atoms with Crippen LogP contribution < -0.4 is 9.47 Å². The first-order valence-electron chi connectivity index (χ1n) is 7.13. The molecule has 0 spiro atoms. The molecule has 0 saturated heterocycles. The number of ether oxygens (including phenoxy) is 2. The zero-order valence-corrected chi connectivity index (χ0v) is 12.6. The number of likely N-dealkylation sites (N-methyl/N-ethyl adjacent to an activating group) is 1. The molecular formula is C15H18N4O3. The number of aromatic nitrogens is 3. The summed E-state index contributed by atoms with van der Waals surface area (Å²) in [5, 5.41) is 4.01. The van der Waals surface area contributed by atoms with E-state index in [0.717, 1.165) is 17.1 Å². The van der Waals surface area contributed by atoms with Gasteiger partial charge in [0.1, 0.15) is 31.9 Å². The molecule has 0 saturated carbocycles. The quantitative estimate of drug-likeness (QED) is 0.850. The van der Waals surface area contributed by atoms with Crippen LogP contribution in [0.25, 0.3) is 0 Å². The monoisotopic (exact) mass is 302 g/mol. The van der Waals surface area contributed by atoms with Gasteiger partial charge < -0.3 is 14.4 Å². The molecule has 2 heterocycles. The van der Waals surface area contributed by atoms with Crippen LogP contribution in [0.3, 0.4) is 0 Å². The normalized spacial score (nSPS) is 14.5. The van der Waals surface area contributed by atoms with Crippen LogP contribution in [0.2, 0.25) is 0 Å². The molecule has 1 amide bonds. The smallest absolute Gasteiger partial charge is 0.247 e. The van der Waals surface area contributed by atoms with Gasteiger partial charge in [0.2, 0.25) is 5.91 Å². The molecule has 0 unspecified atom stereocenters. The Morgan fingerprint density at radius 3 is 2.86 bits per heavy atom. The number of carbonyl (C=O) groups excluding carboxylic acids is 1. The summed E-state index contributed by atoms with van der Waals surface area (Å²) >= 11 is 0. The molecule has 1 aliphatic heterocycles. The third-order valence-corrected chi connectivity index (χ3v) is 3.59. The minimum atomic E-state index is -0.385. The molecule has 3 rings (SSSR count). The van der Waals surface area contributed by atoms with Crippen molar-refractivity contribution in [2.45, 2.75) is 19.5 Å². The fourth-order valence-corrected chi connectivity index (χ4v) is 2.39. The first kappa shape index (κ1) is 14.4. The lowest BCUT2D eigenvalue weighted by molar-refractivity contribution is -0.133. The van der Waals surface area contributed by atoms with Crippen LogP contribution in [-0.4, -0.2) is 45.8 Å². The van der Waals surface area contributed by atoms with Crippen molar-refractivity contribution in [2.75, 3.05) is 20.3 Å². The lowest BCUT2D eigenvalue weighted by atomic mass is 10.1. The van der Waals surface area contributed by atoms with Crippen molar-refractivity contribution in [3.8, 4) is 11.5 Å². The zero-order valence-electron chi connectivity index (χ0n) is 12.6. The van der Waals surface area contributed by atoms with E-state index in [2.05, 4.69) is 10.1 Å². The zero-order chi connectivity index (χ0) is 15.5. The molecule has 0 aliphatic carbocycles. The van der Waals surface area contributed by atoms with Crippen LogP contribution in [0.5, 0.6) is 11.5 Å². The summed E-state index contributed by atoms with van der Waals surface area (Å²) in [6.07, 6.45) is 2.96. The number of rotatable bonds is 4. The summed E-state index contributed by atoms with van der Waals surface area (Å²) in [4.78, 5) is 17.9. The average molecular weight is 302 g/mol. The number of hydrogen-bond donors (Lipinski definition) is 0. The van der Waals surface area contributed by atoms with Gasteiger partial charge in [-0.2, -0.15) is 5.10 Å². The SMILES string of the molecule is C[C@@H](C(=O)N(C)Cc1ccc2c(c1)OCCO2)n1cncn1. The Kier molecular flexibility index (Phi) is 3.95. The van der Waals surface area contributed by atoms with Gasteiger partial charge in [-0.3, -0.25) is 4.79 Å². The van der Waals surface area contributed by atoms with Crippen LogP contribution in [0.1, 0.15) is 18.5 Å². The van der Waals surface area contributed by atoms with Gasteiger partial charge in [-0.05, 0) is 24.6 Å². The summed E-state index contributed by atoms with van der Waals surface area (Å²) in [6, 6.07) is 5.35. The van der Waals surface area contributed by atoms with Crippen molar-refractivity contribution in [1.29, 1.82) is 0 Å². The number of benzene rings is 1. The second-order valence-corrected chi connectivity index (χ2v) is 5.22. The molecule has 0 fully saturated rings. The number of fused-ring (bicyclic) bond motifs is 1. The largest absolute Gasteiger partial charge is 0.486 e. The molecule has 7 heteroatoms. The fraction of sp³-hybridized carbons (Fsp3) is 0.400. The third kappa shape index (κ3) is 2.88. The average Bonchev–Trinajstić information content (AvgIpc) is 3.07. The number of amides is 1. The van der Waals surface area contributed by atoms with E-state index >= 15 is 0 Å². The van der Waals surface area contributed by atoms with E-state index in [1.54, 1.807) is 29.9 Å². The first-order valence-corrected chi connectivity index (χ1v) is 7.13. The molecule has 0 radical (unpaired) electrons. The molecule has 116 valence electrons. The van der Waals surface area contributed by atoms with Gasteiger partial charge >= 0.3 is 0 Å². The van der Waals surface area contributed by atoms with Crippen LogP contribution in [0.15, 0.2) is 30.9 Å². The molecule has 1 atom stereocenters. The number of hydrogen-bond acceptors (Lipinski definition) is 5. The van der Waals surface area contributed by atoms with E-state index in [9.17, 15) is 4.79 Å². The highest BCUT2D eigenvalue weighted by Gasteiger charge is 2.20. The van der Waals surface area contributed by atoms with E-state index in [1.165, 1.54) is 6.33 Å². The lowest BCUT2D eigenvalue weighted by Gasteiger charge is -2.23. The molecule has 22 heavy (non-hydrogen) atoms. The van der Waals surface area contributed by atoms with Crippen LogP contribution in [0, 0.1) is 0 Å². The van der Waals surface area contributed by atoms with Crippen molar-refractivity contribution in [3.05, 3.63) is 36.4 Å². The molecule has 0 bridgehead atoms. The highest BCUT2D eigenvalue weighted by Crippen LogP contribution is 2.31. The highest BCUT2D eigenvalue weighted by molar-refractivity contribution is 5.79. The maximum atomic E-state index is 12.4. The van der Waals surface area contributed by atoms with Crippen LogP contribution in [-0.2, 0) is 11.3 Å². The van der Waals surface area contributed by atoms with Gasteiger partial charge in [-0.1, -0.05) is 6.07 Å². The Hall–Kier alpha value is -2.57. The maximum Gasteiger partial charge on any atom is 0.247 e. The fourth-order valence-electron chi connectivity index (χ4n) is 2.39. The lowest BCUT2D eigenvalue weighted by Crippen LogP contribution is -2.33. The van der Waals surface area contributed by atoms with E-state index in [1.807, 2.05) is 18.2 Å². The molecule has 0 N–H and O–H groups in total. The Morgan fingerprint density at radius 1 is 1.36 bits per heavy atom. The summed E-state index contributed by atoms with van der Waals surface area (Å²) in [7, 11) is 1.77. The van der Waals surface area contributed by atoms with Crippen LogP contribution in [0.4, 0.5) is 0 Å². The molecular weight excluding hydrogens is 284 g/mol. The van der Waals surface area contributed by atoms with Gasteiger partial charge in [0.05, 0.1) is 0 Å². The summed E-state index contributed by atoms with van der Waals surface area (Å²) in [5.74, 6) is 1.45. The molecule has 7 nitrogen and oxygen atoms in total. The number of nitrogens with zero attached hydrogens (tertiary/aromatic N) is 4. The Balaban J connectivity index is 1.68. The summed E-state index contributed by atoms with van der Waals surface area (Å²) in [6.45, 7) is 3.42. The number of carbonyl (C=O) groups is 1. The van der Waals surface area contributed by atoms with E-state index in [4.69, 9.17) is 9.47 Å². The molecule has 1 aliphatic rings. The minimum Gasteiger partial charge on any atom is -0.486 e. The van der Waals surface area contributed by atoms with Gasteiger partial charge in [0.25, 0.3) is 0 Å². The van der Waals surface area contributed by atoms with E-state index < -0.39 is 0 Å². The second-order valence-electron chi connectivity index (χ2n) is 5.22. The standard InChI is InChI=1S/C15H18N4O3/c1-11(19-10-16-9-17-19)15(20)18(2)8-12-3-4-13-14(7-12)22-6-5-21-13/h3-4,7,9-11H,5-6,8H2,1-2H3/t11-/m0/s1. The second kappa shape index (κ2) is 6.05. The molecule has 2 aromatic rings. The van der Waals surface area contributed by atoms with Crippen LogP contribution >= 0.6 is 0 Å². The van der Waals surface area contributed by atoms with Crippen molar-refractivity contribution < 1.29 is 14.3 Å². The van der Waals surface area contributed by atoms with Gasteiger partial charge in [-0.15, -0.1) is 0 Å². The third-order valence-electron chi connectivity index (χ3n) is 3.59. The summed E-state index contributed by atoms with van der Waals surface area (Å²) < 4.78 is 12.6. The minimum absolute atomic E-state index is 0.0274. The van der Waals surface area contributed by atoms with Gasteiger partial charge in [0, 0.05) is 13.6 Å². The molecule has 1 aromatic carbocycles. The highest BCUT2D eigenvalue weighted by atomic mass is 16.6. The predicted octanol–water partition coefficient (Wildman–Crippen LogP) is 1.27. The first-order chi connectivity index (χ1) is 10.6. The van der Waals surface area contributed by atoms with Crippen molar-refractivity contribution in [2.24, 2.45) is 0 Å². The predicted molar refractivity (Wildman–Crippen MR) is 78.6 cm³/mol. The topological polar surface area (TPSA) is 69.5 Å². The van der Waals surface area contributed by atoms with Crippen molar-refractivity contribution in [3.63, 3.8) is 0 Å². The van der Waals surface area contributed by atoms with Crippen molar-refractivity contribution in [1.82, 2.24) is 19.7 Å². The van der Waals surface area contributed by atoms with Crippen molar-refractivity contribution >= 4 is 5.91 Å². The van der Waals surface area contributed by atoms with E-state index in [-0.39, 0.29) is 11.9 Å².